The van der Waals surface area contributed by atoms with Gasteiger partial charge in [-0.1, -0.05) is 37.3 Å². The third-order valence-corrected chi connectivity index (χ3v) is 2.87. The molecule has 1 amide bonds. The summed E-state index contributed by atoms with van der Waals surface area (Å²) in [6.45, 7) is 3.99. The van der Waals surface area contributed by atoms with Gasteiger partial charge in [0.1, 0.15) is 5.82 Å². The van der Waals surface area contributed by atoms with Gasteiger partial charge in [0.2, 0.25) is 5.82 Å². The number of aromatic nitrogens is 3. The van der Waals surface area contributed by atoms with Gasteiger partial charge in [0, 0.05) is 6.42 Å². The minimum atomic E-state index is -0.255. The van der Waals surface area contributed by atoms with E-state index in [2.05, 4.69) is 27.4 Å². The van der Waals surface area contributed by atoms with Gasteiger partial charge in [-0.25, -0.2) is 4.98 Å². The predicted octanol–water partition coefficient (Wildman–Crippen LogP) is 2.25. The highest BCUT2D eigenvalue weighted by molar-refractivity contribution is 5.90. The Morgan fingerprint density at radius 1 is 1.37 bits per heavy atom. The Morgan fingerprint density at radius 2 is 2.11 bits per heavy atom. The topological polar surface area (TPSA) is 70.7 Å². The average Bonchev–Trinajstić information content (AvgIpc) is 2.89. The Bertz CT molecular complexity index is 535. The summed E-state index contributed by atoms with van der Waals surface area (Å²) in [5, 5.41) is 9.60. The number of aryl methyl sites for hydroxylation is 1. The van der Waals surface area contributed by atoms with Gasteiger partial charge in [-0.3, -0.25) is 9.89 Å². The molecule has 1 aromatic heterocycles. The summed E-state index contributed by atoms with van der Waals surface area (Å²) in [6.07, 6.45) is 1.77. The molecule has 0 spiro atoms. The van der Waals surface area contributed by atoms with E-state index in [-0.39, 0.29) is 17.8 Å². The fourth-order valence-corrected chi connectivity index (χ4v) is 1.83. The Labute approximate surface area is 112 Å². The van der Waals surface area contributed by atoms with Crippen LogP contribution in [-0.4, -0.2) is 21.1 Å². The summed E-state index contributed by atoms with van der Waals surface area (Å²) in [6, 6.07) is 9.73. The SMILES string of the molecule is CCCc1nc(C(=O)N[C@@H](C)c2ccccc2)n[nH]1. The van der Waals surface area contributed by atoms with E-state index in [4.69, 9.17) is 0 Å². The summed E-state index contributed by atoms with van der Waals surface area (Å²) in [5.41, 5.74) is 1.06. The van der Waals surface area contributed by atoms with Gasteiger partial charge in [-0.15, -0.1) is 5.10 Å². The third-order valence-electron chi connectivity index (χ3n) is 2.87. The van der Waals surface area contributed by atoms with Gasteiger partial charge in [-0.05, 0) is 18.9 Å². The lowest BCUT2D eigenvalue weighted by Crippen LogP contribution is -2.27. The summed E-state index contributed by atoms with van der Waals surface area (Å²) in [5.74, 6) is 0.696. The summed E-state index contributed by atoms with van der Waals surface area (Å²) >= 11 is 0. The molecule has 2 aromatic rings. The molecular formula is C14H18N4O. The van der Waals surface area contributed by atoms with Gasteiger partial charge in [0.15, 0.2) is 0 Å². The van der Waals surface area contributed by atoms with Crippen molar-refractivity contribution in [1.29, 1.82) is 0 Å². The molecular weight excluding hydrogens is 240 g/mol. The molecule has 0 radical (unpaired) electrons. The molecule has 5 heteroatoms. The number of hydrogen-bond donors (Lipinski definition) is 2. The first kappa shape index (κ1) is 13.3. The third kappa shape index (κ3) is 3.40. The summed E-state index contributed by atoms with van der Waals surface area (Å²) in [7, 11) is 0. The van der Waals surface area contributed by atoms with Crippen LogP contribution in [0.2, 0.25) is 0 Å². The second-order valence-electron chi connectivity index (χ2n) is 4.46. The van der Waals surface area contributed by atoms with Gasteiger partial charge in [-0.2, -0.15) is 0 Å². The number of H-pyrrole nitrogens is 1. The predicted molar refractivity (Wildman–Crippen MR) is 72.7 cm³/mol. The second-order valence-corrected chi connectivity index (χ2v) is 4.46. The first-order chi connectivity index (χ1) is 9.20. The molecule has 2 N–H and O–H groups in total. The van der Waals surface area contributed by atoms with Gasteiger partial charge >= 0.3 is 0 Å². The maximum absolute atomic E-state index is 12.0. The highest BCUT2D eigenvalue weighted by Gasteiger charge is 2.15. The van der Waals surface area contributed by atoms with E-state index in [9.17, 15) is 4.79 Å². The number of benzene rings is 1. The van der Waals surface area contributed by atoms with Gasteiger partial charge in [0.05, 0.1) is 6.04 Å². The number of rotatable bonds is 5. The molecule has 19 heavy (non-hydrogen) atoms. The first-order valence-corrected chi connectivity index (χ1v) is 6.47. The smallest absolute Gasteiger partial charge is 0.291 e. The highest BCUT2D eigenvalue weighted by Crippen LogP contribution is 2.11. The zero-order chi connectivity index (χ0) is 13.7. The van der Waals surface area contributed by atoms with Crippen molar-refractivity contribution in [3.05, 3.63) is 47.5 Å². The summed E-state index contributed by atoms with van der Waals surface area (Å²) < 4.78 is 0. The van der Waals surface area contributed by atoms with Crippen LogP contribution in [-0.2, 0) is 6.42 Å². The van der Waals surface area contributed by atoms with Crippen LogP contribution < -0.4 is 5.32 Å². The molecule has 0 aliphatic carbocycles. The van der Waals surface area contributed by atoms with Crippen molar-refractivity contribution in [2.75, 3.05) is 0 Å². The largest absolute Gasteiger partial charge is 0.343 e. The van der Waals surface area contributed by atoms with E-state index in [1.165, 1.54) is 0 Å². The molecule has 1 atom stereocenters. The van der Waals surface area contributed by atoms with Crippen LogP contribution >= 0.6 is 0 Å². The second kappa shape index (κ2) is 6.13. The molecule has 0 aliphatic heterocycles. The minimum absolute atomic E-state index is 0.0678. The van der Waals surface area contributed by atoms with Crippen LogP contribution in [0.15, 0.2) is 30.3 Å². The quantitative estimate of drug-likeness (QED) is 0.864. The maximum Gasteiger partial charge on any atom is 0.291 e. The Kier molecular flexibility index (Phi) is 4.28. The zero-order valence-electron chi connectivity index (χ0n) is 11.2. The van der Waals surface area contributed by atoms with Crippen molar-refractivity contribution in [1.82, 2.24) is 20.5 Å². The van der Waals surface area contributed by atoms with Gasteiger partial charge < -0.3 is 5.32 Å². The monoisotopic (exact) mass is 258 g/mol. The first-order valence-electron chi connectivity index (χ1n) is 6.47. The van der Waals surface area contributed by atoms with Gasteiger partial charge in [0.25, 0.3) is 5.91 Å². The van der Waals surface area contributed by atoms with E-state index < -0.39 is 0 Å². The maximum atomic E-state index is 12.0. The molecule has 0 saturated heterocycles. The van der Waals surface area contributed by atoms with Crippen LogP contribution in [0.5, 0.6) is 0 Å². The number of nitrogens with zero attached hydrogens (tertiary/aromatic N) is 2. The number of carbonyl (C=O) groups excluding carboxylic acids is 1. The molecule has 1 aromatic carbocycles. The summed E-state index contributed by atoms with van der Waals surface area (Å²) in [4.78, 5) is 16.2. The fraction of sp³-hybridized carbons (Fsp3) is 0.357. The number of aromatic amines is 1. The van der Waals surface area contributed by atoms with Crippen molar-refractivity contribution in [3.63, 3.8) is 0 Å². The number of amides is 1. The van der Waals surface area contributed by atoms with Crippen molar-refractivity contribution in [3.8, 4) is 0 Å². The number of carbonyl (C=O) groups is 1. The van der Waals surface area contributed by atoms with E-state index in [0.29, 0.717) is 0 Å². The molecule has 100 valence electrons. The van der Waals surface area contributed by atoms with Crippen LogP contribution in [0, 0.1) is 0 Å². The molecule has 0 bridgehead atoms. The standard InChI is InChI=1S/C14H18N4O/c1-3-7-12-16-13(18-17-12)14(19)15-10(2)11-8-5-4-6-9-11/h4-6,8-10H,3,7H2,1-2H3,(H,15,19)(H,16,17,18)/t10-/m0/s1. The molecule has 5 nitrogen and oxygen atoms in total. The van der Waals surface area contributed by atoms with Crippen molar-refractivity contribution in [2.45, 2.75) is 32.7 Å². The fourth-order valence-electron chi connectivity index (χ4n) is 1.83. The molecule has 2 rings (SSSR count). The van der Waals surface area contributed by atoms with Crippen LogP contribution in [0.3, 0.4) is 0 Å². The van der Waals surface area contributed by atoms with Crippen molar-refractivity contribution in [2.24, 2.45) is 0 Å². The van der Waals surface area contributed by atoms with E-state index >= 15 is 0 Å². The minimum Gasteiger partial charge on any atom is -0.343 e. The van der Waals surface area contributed by atoms with E-state index in [0.717, 1.165) is 24.2 Å². The molecule has 0 unspecified atom stereocenters. The molecule has 0 fully saturated rings. The average molecular weight is 258 g/mol. The van der Waals surface area contributed by atoms with E-state index in [1.54, 1.807) is 0 Å². The molecule has 0 saturated carbocycles. The lowest BCUT2D eigenvalue weighted by Gasteiger charge is -2.12. The van der Waals surface area contributed by atoms with Crippen molar-refractivity contribution >= 4 is 5.91 Å². The molecule has 1 heterocycles. The highest BCUT2D eigenvalue weighted by atomic mass is 16.2. The Hall–Kier alpha value is -2.17. The number of nitrogens with one attached hydrogen (secondary N) is 2. The van der Waals surface area contributed by atoms with Crippen LogP contribution in [0.4, 0.5) is 0 Å². The van der Waals surface area contributed by atoms with Crippen LogP contribution in [0.25, 0.3) is 0 Å². The van der Waals surface area contributed by atoms with E-state index in [1.807, 2.05) is 37.3 Å². The number of hydrogen-bond acceptors (Lipinski definition) is 3. The normalized spacial score (nSPS) is 12.1. The lowest BCUT2D eigenvalue weighted by atomic mass is 10.1. The zero-order valence-corrected chi connectivity index (χ0v) is 11.2. The van der Waals surface area contributed by atoms with Crippen molar-refractivity contribution < 1.29 is 4.79 Å². The molecule has 0 aliphatic rings. The van der Waals surface area contributed by atoms with Crippen LogP contribution in [0.1, 0.15) is 48.3 Å². The Balaban J connectivity index is 2.00. The lowest BCUT2D eigenvalue weighted by molar-refractivity contribution is 0.0929. The Morgan fingerprint density at radius 3 is 2.79 bits per heavy atom.